The van der Waals surface area contributed by atoms with Crippen molar-refractivity contribution in [1.82, 2.24) is 4.90 Å². The monoisotopic (exact) mass is 211 g/mol. The van der Waals surface area contributed by atoms with Crippen LogP contribution in [0.15, 0.2) is 0 Å². The molecule has 1 saturated carbocycles. The van der Waals surface area contributed by atoms with E-state index in [4.69, 9.17) is 4.74 Å². The molecule has 1 aliphatic heterocycles. The molecule has 2 rings (SSSR count). The summed E-state index contributed by atoms with van der Waals surface area (Å²) < 4.78 is 4.98. The lowest BCUT2D eigenvalue weighted by molar-refractivity contribution is -0.144. The molecule has 0 unspecified atom stereocenters. The van der Waals surface area contributed by atoms with Crippen LogP contribution >= 0.6 is 0 Å². The third-order valence-electron chi connectivity index (χ3n) is 4.01. The van der Waals surface area contributed by atoms with Gasteiger partial charge < -0.3 is 4.74 Å². The highest BCUT2D eigenvalue weighted by Crippen LogP contribution is 2.47. The van der Waals surface area contributed by atoms with Crippen molar-refractivity contribution in [2.45, 2.75) is 33.1 Å². The van der Waals surface area contributed by atoms with E-state index in [1.165, 1.54) is 19.3 Å². The van der Waals surface area contributed by atoms with E-state index in [1.807, 2.05) is 6.92 Å². The largest absolute Gasteiger partial charge is 0.465 e. The second-order valence-corrected chi connectivity index (χ2v) is 5.22. The highest BCUT2D eigenvalue weighted by molar-refractivity contribution is 5.71. The molecule has 0 bridgehead atoms. The maximum atomic E-state index is 11.4. The van der Waals surface area contributed by atoms with Crippen LogP contribution in [0.1, 0.15) is 33.1 Å². The summed E-state index contributed by atoms with van der Waals surface area (Å²) in [4.78, 5) is 13.6. The molecule has 86 valence electrons. The molecule has 3 nitrogen and oxygen atoms in total. The average Bonchev–Trinajstić information content (AvgIpc) is 2.59. The van der Waals surface area contributed by atoms with Gasteiger partial charge in [0.2, 0.25) is 0 Å². The Morgan fingerprint density at radius 1 is 1.60 bits per heavy atom. The topological polar surface area (TPSA) is 29.5 Å². The second kappa shape index (κ2) is 4.12. The molecule has 0 aromatic rings. The minimum atomic E-state index is -0.0685. The number of esters is 1. The Kier molecular flexibility index (Phi) is 3.01. The molecule has 2 atom stereocenters. The van der Waals surface area contributed by atoms with Crippen molar-refractivity contribution >= 4 is 5.97 Å². The number of fused-ring (bicyclic) bond motifs is 1. The molecule has 0 amide bonds. The van der Waals surface area contributed by atoms with Crippen LogP contribution in [-0.4, -0.2) is 37.1 Å². The molecule has 0 aromatic heterocycles. The summed E-state index contributed by atoms with van der Waals surface area (Å²) in [6.45, 7) is 7.38. The van der Waals surface area contributed by atoms with Crippen LogP contribution < -0.4 is 0 Å². The van der Waals surface area contributed by atoms with E-state index in [1.54, 1.807) is 0 Å². The van der Waals surface area contributed by atoms with E-state index in [-0.39, 0.29) is 5.97 Å². The van der Waals surface area contributed by atoms with Crippen LogP contribution in [0.25, 0.3) is 0 Å². The summed E-state index contributed by atoms with van der Waals surface area (Å²) in [6, 6.07) is 0. The van der Waals surface area contributed by atoms with Crippen molar-refractivity contribution in [2.75, 3.05) is 26.2 Å². The number of carbonyl (C=O) groups is 1. The molecular formula is C12H21NO2. The second-order valence-electron chi connectivity index (χ2n) is 5.22. The lowest BCUT2D eigenvalue weighted by Crippen LogP contribution is -2.31. The highest BCUT2D eigenvalue weighted by atomic mass is 16.5. The first kappa shape index (κ1) is 10.9. The van der Waals surface area contributed by atoms with Crippen LogP contribution in [0.5, 0.6) is 0 Å². The quantitative estimate of drug-likeness (QED) is 0.665. The Labute approximate surface area is 91.8 Å². The van der Waals surface area contributed by atoms with Gasteiger partial charge in [-0.05, 0) is 31.1 Å². The van der Waals surface area contributed by atoms with Crippen molar-refractivity contribution in [3.63, 3.8) is 0 Å². The number of ether oxygens (including phenoxy) is 1. The molecule has 0 aromatic carbocycles. The lowest BCUT2D eigenvalue weighted by Gasteiger charge is -2.22. The fraction of sp³-hybridized carbons (Fsp3) is 0.917. The smallest absolute Gasteiger partial charge is 0.320 e. The molecule has 0 radical (unpaired) electrons. The molecule has 1 aliphatic carbocycles. The zero-order valence-corrected chi connectivity index (χ0v) is 9.79. The minimum absolute atomic E-state index is 0.0685. The minimum Gasteiger partial charge on any atom is -0.465 e. The number of carbonyl (C=O) groups excluding carboxylic acids is 1. The lowest BCUT2D eigenvalue weighted by atomic mass is 9.83. The zero-order valence-electron chi connectivity index (χ0n) is 9.79. The Bertz CT molecular complexity index is 254. The van der Waals surface area contributed by atoms with E-state index in [9.17, 15) is 4.79 Å². The summed E-state index contributed by atoms with van der Waals surface area (Å²) >= 11 is 0. The van der Waals surface area contributed by atoms with Gasteiger partial charge in [0.1, 0.15) is 0 Å². The number of rotatable bonds is 3. The predicted octanol–water partition coefficient (Wildman–Crippen LogP) is 1.67. The molecule has 1 saturated heterocycles. The normalized spacial score (nSPS) is 35.5. The Morgan fingerprint density at radius 2 is 2.40 bits per heavy atom. The molecule has 3 heteroatoms. The van der Waals surface area contributed by atoms with E-state index in [2.05, 4.69) is 11.8 Å². The van der Waals surface area contributed by atoms with Crippen molar-refractivity contribution in [1.29, 1.82) is 0 Å². The van der Waals surface area contributed by atoms with E-state index < -0.39 is 0 Å². The summed E-state index contributed by atoms with van der Waals surface area (Å²) in [5.41, 5.74) is 0.479. The van der Waals surface area contributed by atoms with Gasteiger partial charge in [-0.25, -0.2) is 0 Å². The van der Waals surface area contributed by atoms with Crippen molar-refractivity contribution in [3.05, 3.63) is 0 Å². The molecule has 1 heterocycles. The van der Waals surface area contributed by atoms with Crippen LogP contribution in [0.3, 0.4) is 0 Å². The van der Waals surface area contributed by atoms with E-state index in [0.29, 0.717) is 18.6 Å². The third-order valence-corrected chi connectivity index (χ3v) is 4.01. The van der Waals surface area contributed by atoms with Crippen molar-refractivity contribution in [2.24, 2.45) is 11.3 Å². The van der Waals surface area contributed by atoms with Crippen LogP contribution in [0.2, 0.25) is 0 Å². The maximum Gasteiger partial charge on any atom is 0.320 e. The first-order valence-electron chi connectivity index (χ1n) is 6.02. The Morgan fingerprint density at radius 3 is 3.07 bits per heavy atom. The summed E-state index contributed by atoms with van der Waals surface area (Å²) in [7, 11) is 0. The SMILES string of the molecule is CCOC(=O)CN1C[C@@H]2CCC[C@]2(C)C1. The third kappa shape index (κ3) is 2.17. The summed E-state index contributed by atoms with van der Waals surface area (Å²) in [5.74, 6) is 0.744. The fourth-order valence-corrected chi connectivity index (χ4v) is 3.22. The van der Waals surface area contributed by atoms with Crippen molar-refractivity contribution < 1.29 is 9.53 Å². The fourth-order valence-electron chi connectivity index (χ4n) is 3.22. The van der Waals surface area contributed by atoms with E-state index >= 15 is 0 Å². The summed E-state index contributed by atoms with van der Waals surface area (Å²) in [5, 5.41) is 0. The Balaban J connectivity index is 1.85. The predicted molar refractivity (Wildman–Crippen MR) is 58.5 cm³/mol. The van der Waals surface area contributed by atoms with Gasteiger partial charge in [0.25, 0.3) is 0 Å². The van der Waals surface area contributed by atoms with Crippen LogP contribution in [0.4, 0.5) is 0 Å². The van der Waals surface area contributed by atoms with Gasteiger partial charge in [-0.2, -0.15) is 0 Å². The average molecular weight is 211 g/mol. The van der Waals surface area contributed by atoms with Gasteiger partial charge in [0.15, 0.2) is 0 Å². The van der Waals surface area contributed by atoms with Gasteiger partial charge in [0.05, 0.1) is 13.2 Å². The highest BCUT2D eigenvalue weighted by Gasteiger charge is 2.45. The van der Waals surface area contributed by atoms with Gasteiger partial charge in [-0.1, -0.05) is 13.3 Å². The number of nitrogens with zero attached hydrogens (tertiary/aromatic N) is 1. The number of hydrogen-bond donors (Lipinski definition) is 0. The molecule has 0 N–H and O–H groups in total. The molecule has 2 fully saturated rings. The zero-order chi connectivity index (χ0) is 10.9. The first-order valence-corrected chi connectivity index (χ1v) is 6.02. The molecular weight excluding hydrogens is 190 g/mol. The number of likely N-dealkylation sites (tertiary alicyclic amines) is 1. The van der Waals surface area contributed by atoms with Gasteiger partial charge in [-0.3, -0.25) is 9.69 Å². The molecule has 0 spiro atoms. The van der Waals surface area contributed by atoms with Crippen molar-refractivity contribution in [3.8, 4) is 0 Å². The number of hydrogen-bond acceptors (Lipinski definition) is 3. The van der Waals surface area contributed by atoms with Gasteiger partial charge >= 0.3 is 5.97 Å². The standard InChI is InChI=1S/C12H21NO2/c1-3-15-11(14)8-13-7-10-5-4-6-12(10,2)9-13/h10H,3-9H2,1-2H3/t10-,12+/m0/s1. The Hall–Kier alpha value is -0.570. The van der Waals surface area contributed by atoms with Gasteiger partial charge in [-0.15, -0.1) is 0 Å². The van der Waals surface area contributed by atoms with Crippen LogP contribution in [-0.2, 0) is 9.53 Å². The van der Waals surface area contributed by atoms with Crippen LogP contribution in [0, 0.1) is 11.3 Å². The maximum absolute atomic E-state index is 11.4. The van der Waals surface area contributed by atoms with Gasteiger partial charge in [0, 0.05) is 13.1 Å². The molecule has 2 aliphatic rings. The molecule has 15 heavy (non-hydrogen) atoms. The first-order chi connectivity index (χ1) is 7.14. The summed E-state index contributed by atoms with van der Waals surface area (Å²) in [6.07, 6.45) is 4.04. The van der Waals surface area contributed by atoms with E-state index in [0.717, 1.165) is 19.0 Å².